The first-order valence-electron chi connectivity index (χ1n) is 7.30. The summed E-state index contributed by atoms with van der Waals surface area (Å²) in [5.74, 6) is 0.748. The lowest BCUT2D eigenvalue weighted by molar-refractivity contribution is 0.199. The van der Waals surface area contributed by atoms with Crippen LogP contribution in [0.4, 0.5) is 0 Å². The average molecular weight is 300 g/mol. The molecule has 0 spiro atoms. The van der Waals surface area contributed by atoms with Gasteiger partial charge in [0, 0.05) is 13.7 Å². The molecule has 0 atom stereocenters. The van der Waals surface area contributed by atoms with Crippen molar-refractivity contribution in [2.24, 2.45) is 0 Å². The lowest BCUT2D eigenvalue weighted by atomic mass is 10.1. The maximum Gasteiger partial charge on any atom is 0.137 e. The minimum absolute atomic E-state index is 0.701. The van der Waals surface area contributed by atoms with Crippen LogP contribution in [0.25, 0.3) is 0 Å². The van der Waals surface area contributed by atoms with Gasteiger partial charge in [0.25, 0.3) is 0 Å². The second-order valence-electron chi connectivity index (χ2n) is 4.88. The maximum absolute atomic E-state index is 6.11. The van der Waals surface area contributed by atoms with Crippen molar-refractivity contribution in [3.63, 3.8) is 0 Å². The van der Waals surface area contributed by atoms with Crippen LogP contribution in [0.1, 0.15) is 31.2 Å². The van der Waals surface area contributed by atoms with E-state index in [4.69, 9.17) is 21.1 Å². The number of methoxy groups -OCH3 is 2. The van der Waals surface area contributed by atoms with Crippen LogP contribution in [0, 0.1) is 0 Å². The van der Waals surface area contributed by atoms with Gasteiger partial charge in [-0.3, -0.25) is 0 Å². The molecule has 0 bridgehead atoms. The first-order valence-corrected chi connectivity index (χ1v) is 7.67. The molecule has 0 amide bonds. The van der Waals surface area contributed by atoms with E-state index in [0.29, 0.717) is 5.02 Å². The monoisotopic (exact) mass is 299 g/mol. The van der Waals surface area contributed by atoms with Crippen LogP contribution in [-0.4, -0.2) is 33.9 Å². The average Bonchev–Trinajstić information content (AvgIpc) is 2.46. The van der Waals surface area contributed by atoms with E-state index in [1.54, 1.807) is 14.2 Å². The van der Waals surface area contributed by atoms with Gasteiger partial charge >= 0.3 is 0 Å². The standard InChI is InChI=1S/C16H26ClNO2/c1-19-12-11-18-10-6-4-3-5-7-14-8-9-16(20-2)15(17)13-14/h8-9,13,18H,3-7,10-12H2,1-2H3. The minimum atomic E-state index is 0.701. The number of hydrogen-bond acceptors (Lipinski definition) is 3. The second kappa shape index (κ2) is 11.0. The highest BCUT2D eigenvalue weighted by Crippen LogP contribution is 2.25. The zero-order valence-electron chi connectivity index (χ0n) is 12.6. The summed E-state index contributed by atoms with van der Waals surface area (Å²) in [5, 5.41) is 4.06. The van der Waals surface area contributed by atoms with Crippen molar-refractivity contribution in [2.45, 2.75) is 32.1 Å². The van der Waals surface area contributed by atoms with Crippen molar-refractivity contribution >= 4 is 11.6 Å². The van der Waals surface area contributed by atoms with Crippen molar-refractivity contribution in [2.75, 3.05) is 33.9 Å². The third-order valence-electron chi connectivity index (χ3n) is 3.27. The Bertz CT molecular complexity index is 371. The van der Waals surface area contributed by atoms with E-state index in [1.807, 2.05) is 12.1 Å². The number of aryl methyl sites for hydroxylation is 1. The van der Waals surface area contributed by atoms with Gasteiger partial charge in [-0.05, 0) is 43.5 Å². The Balaban J connectivity index is 2.05. The van der Waals surface area contributed by atoms with E-state index in [0.717, 1.165) is 31.9 Å². The van der Waals surface area contributed by atoms with Gasteiger partial charge in [-0.1, -0.05) is 30.5 Å². The molecule has 0 aliphatic heterocycles. The fraction of sp³-hybridized carbons (Fsp3) is 0.625. The van der Waals surface area contributed by atoms with Crippen LogP contribution in [0.15, 0.2) is 18.2 Å². The molecule has 0 aromatic heterocycles. The van der Waals surface area contributed by atoms with Gasteiger partial charge in [-0.15, -0.1) is 0 Å². The zero-order valence-corrected chi connectivity index (χ0v) is 13.3. The van der Waals surface area contributed by atoms with E-state index in [2.05, 4.69) is 11.4 Å². The molecule has 0 radical (unpaired) electrons. The predicted octanol–water partition coefficient (Wildman–Crippen LogP) is 3.69. The SMILES string of the molecule is COCCNCCCCCCc1ccc(OC)c(Cl)c1. The molecule has 1 rings (SSSR count). The van der Waals surface area contributed by atoms with Crippen LogP contribution < -0.4 is 10.1 Å². The largest absolute Gasteiger partial charge is 0.495 e. The first kappa shape index (κ1) is 17.3. The van der Waals surface area contributed by atoms with Crippen LogP contribution in [0.5, 0.6) is 5.75 Å². The van der Waals surface area contributed by atoms with Gasteiger partial charge in [0.05, 0.1) is 18.7 Å². The molecule has 0 fully saturated rings. The highest BCUT2D eigenvalue weighted by molar-refractivity contribution is 6.32. The molecule has 0 saturated heterocycles. The normalized spacial score (nSPS) is 10.8. The molecule has 0 aliphatic carbocycles. The van der Waals surface area contributed by atoms with Crippen molar-refractivity contribution in [1.82, 2.24) is 5.32 Å². The van der Waals surface area contributed by atoms with Gasteiger partial charge in [0.15, 0.2) is 0 Å². The maximum atomic E-state index is 6.11. The molecule has 114 valence electrons. The van der Waals surface area contributed by atoms with Gasteiger partial charge in [0.1, 0.15) is 5.75 Å². The molecule has 0 heterocycles. The van der Waals surface area contributed by atoms with Crippen molar-refractivity contribution in [1.29, 1.82) is 0 Å². The molecule has 0 unspecified atom stereocenters. The Labute approximate surface area is 127 Å². The third-order valence-corrected chi connectivity index (χ3v) is 3.56. The number of benzene rings is 1. The Kier molecular flexibility index (Phi) is 9.46. The topological polar surface area (TPSA) is 30.5 Å². The summed E-state index contributed by atoms with van der Waals surface area (Å²) in [5.41, 5.74) is 1.29. The fourth-order valence-corrected chi connectivity index (χ4v) is 2.38. The summed E-state index contributed by atoms with van der Waals surface area (Å²) in [4.78, 5) is 0. The van der Waals surface area contributed by atoms with E-state index in [9.17, 15) is 0 Å². The smallest absolute Gasteiger partial charge is 0.137 e. The number of ether oxygens (including phenoxy) is 2. The lowest BCUT2D eigenvalue weighted by Crippen LogP contribution is -2.20. The molecule has 3 nitrogen and oxygen atoms in total. The van der Waals surface area contributed by atoms with Crippen LogP contribution in [-0.2, 0) is 11.2 Å². The highest BCUT2D eigenvalue weighted by Gasteiger charge is 2.01. The van der Waals surface area contributed by atoms with Crippen molar-refractivity contribution < 1.29 is 9.47 Å². The number of rotatable bonds is 11. The molecule has 1 N–H and O–H groups in total. The highest BCUT2D eigenvalue weighted by atomic mass is 35.5. The second-order valence-corrected chi connectivity index (χ2v) is 5.28. The Morgan fingerprint density at radius 3 is 2.55 bits per heavy atom. The Morgan fingerprint density at radius 2 is 1.85 bits per heavy atom. The summed E-state index contributed by atoms with van der Waals surface area (Å²) >= 11 is 6.11. The predicted molar refractivity (Wildman–Crippen MR) is 84.9 cm³/mol. The Morgan fingerprint density at radius 1 is 1.05 bits per heavy atom. The number of halogens is 1. The summed E-state index contributed by atoms with van der Waals surface area (Å²) in [7, 11) is 3.37. The quantitative estimate of drug-likeness (QED) is 0.632. The first-order chi connectivity index (χ1) is 9.77. The van der Waals surface area contributed by atoms with Gasteiger partial charge < -0.3 is 14.8 Å². The van der Waals surface area contributed by atoms with E-state index >= 15 is 0 Å². The van der Waals surface area contributed by atoms with Crippen molar-refractivity contribution in [3.8, 4) is 5.75 Å². The molecular formula is C16H26ClNO2. The number of hydrogen-bond donors (Lipinski definition) is 1. The lowest BCUT2D eigenvalue weighted by Gasteiger charge is -2.06. The molecule has 1 aromatic rings. The van der Waals surface area contributed by atoms with Crippen molar-refractivity contribution in [3.05, 3.63) is 28.8 Å². The van der Waals surface area contributed by atoms with Crippen LogP contribution in [0.2, 0.25) is 5.02 Å². The van der Waals surface area contributed by atoms with Gasteiger partial charge in [-0.2, -0.15) is 0 Å². The summed E-state index contributed by atoms with van der Waals surface area (Å²) in [6.07, 6.45) is 6.05. The van der Waals surface area contributed by atoms with Crippen LogP contribution in [0.3, 0.4) is 0 Å². The number of unbranched alkanes of at least 4 members (excludes halogenated alkanes) is 3. The summed E-state index contributed by atoms with van der Waals surface area (Å²) in [6.45, 7) is 2.82. The zero-order chi connectivity index (χ0) is 14.6. The van der Waals surface area contributed by atoms with Gasteiger partial charge in [-0.25, -0.2) is 0 Å². The molecule has 0 aliphatic rings. The minimum Gasteiger partial charge on any atom is -0.495 e. The molecular weight excluding hydrogens is 274 g/mol. The fourth-order valence-electron chi connectivity index (χ4n) is 2.10. The molecule has 20 heavy (non-hydrogen) atoms. The van der Waals surface area contributed by atoms with Gasteiger partial charge in [0.2, 0.25) is 0 Å². The third kappa shape index (κ3) is 7.13. The van der Waals surface area contributed by atoms with E-state index < -0.39 is 0 Å². The molecule has 0 saturated carbocycles. The number of nitrogens with one attached hydrogen (secondary N) is 1. The Hall–Kier alpha value is -0.770. The van der Waals surface area contributed by atoms with E-state index in [1.165, 1.54) is 31.2 Å². The van der Waals surface area contributed by atoms with Crippen LogP contribution >= 0.6 is 11.6 Å². The summed E-state index contributed by atoms with van der Waals surface area (Å²) in [6, 6.07) is 6.04. The summed E-state index contributed by atoms with van der Waals surface area (Å²) < 4.78 is 10.1. The van der Waals surface area contributed by atoms with E-state index in [-0.39, 0.29) is 0 Å². The molecule has 4 heteroatoms. The molecule has 1 aromatic carbocycles.